The molecule has 90 valence electrons. The molecule has 0 saturated carbocycles. The first kappa shape index (κ1) is 11.9. The third kappa shape index (κ3) is 2.56. The van der Waals surface area contributed by atoms with E-state index < -0.39 is 0 Å². The number of methoxy groups -OCH3 is 1. The first-order valence-corrected chi connectivity index (χ1v) is 5.88. The van der Waals surface area contributed by atoms with Crippen molar-refractivity contribution in [2.45, 2.75) is 19.4 Å². The number of hydrogen-bond acceptors (Lipinski definition) is 4. The van der Waals surface area contributed by atoms with E-state index in [9.17, 15) is 0 Å². The number of rotatable bonds is 2. The average molecular weight is 231 g/mol. The van der Waals surface area contributed by atoms with Gasteiger partial charge in [-0.1, -0.05) is 6.92 Å². The van der Waals surface area contributed by atoms with Crippen LogP contribution < -0.4 is 4.90 Å². The van der Waals surface area contributed by atoms with Gasteiger partial charge in [0.1, 0.15) is 5.82 Å². The Morgan fingerprint density at radius 2 is 2.41 bits per heavy atom. The molecule has 0 amide bonds. The Morgan fingerprint density at radius 3 is 3.12 bits per heavy atom. The highest BCUT2D eigenvalue weighted by Gasteiger charge is 2.26. The van der Waals surface area contributed by atoms with Crippen LogP contribution in [0.3, 0.4) is 0 Å². The molecule has 0 radical (unpaired) electrons. The van der Waals surface area contributed by atoms with Gasteiger partial charge in [-0.05, 0) is 24.5 Å². The number of hydrogen-bond donors (Lipinski definition) is 0. The van der Waals surface area contributed by atoms with Crippen LogP contribution in [0.2, 0.25) is 0 Å². The number of nitriles is 1. The fraction of sp³-hybridized carbons (Fsp3) is 0.538. The molecular formula is C13H17N3O. The number of aromatic nitrogens is 1. The number of pyridine rings is 1. The van der Waals surface area contributed by atoms with Gasteiger partial charge < -0.3 is 9.64 Å². The van der Waals surface area contributed by atoms with Gasteiger partial charge in [-0.3, -0.25) is 0 Å². The van der Waals surface area contributed by atoms with Gasteiger partial charge >= 0.3 is 0 Å². The lowest BCUT2D eigenvalue weighted by Crippen LogP contribution is -2.44. The third-order valence-electron chi connectivity index (χ3n) is 3.39. The van der Waals surface area contributed by atoms with Crippen LogP contribution in [0.5, 0.6) is 0 Å². The molecule has 2 atom stereocenters. The van der Waals surface area contributed by atoms with E-state index >= 15 is 0 Å². The molecule has 2 rings (SSSR count). The minimum atomic E-state index is 0.247. The summed E-state index contributed by atoms with van der Waals surface area (Å²) < 4.78 is 5.48. The summed E-state index contributed by atoms with van der Waals surface area (Å²) in [6.45, 7) is 4.03. The van der Waals surface area contributed by atoms with Crippen LogP contribution in [0.25, 0.3) is 0 Å². The van der Waals surface area contributed by atoms with E-state index in [0.29, 0.717) is 11.5 Å². The van der Waals surface area contributed by atoms with Crippen LogP contribution in [-0.2, 0) is 4.74 Å². The van der Waals surface area contributed by atoms with Gasteiger partial charge in [-0.25, -0.2) is 4.98 Å². The normalized spacial score (nSPS) is 24.4. The van der Waals surface area contributed by atoms with Gasteiger partial charge in [0.25, 0.3) is 0 Å². The molecule has 0 spiro atoms. The van der Waals surface area contributed by atoms with Crippen LogP contribution in [0.1, 0.15) is 18.9 Å². The summed E-state index contributed by atoms with van der Waals surface area (Å²) in [6.07, 6.45) is 3.03. The molecule has 1 aromatic heterocycles. The largest absolute Gasteiger partial charge is 0.379 e. The maximum atomic E-state index is 8.88. The summed E-state index contributed by atoms with van der Waals surface area (Å²) in [7, 11) is 1.75. The van der Waals surface area contributed by atoms with Gasteiger partial charge in [-0.15, -0.1) is 0 Å². The molecule has 1 fully saturated rings. The molecule has 0 N–H and O–H groups in total. The molecule has 1 aliphatic rings. The topological polar surface area (TPSA) is 49.1 Å². The minimum Gasteiger partial charge on any atom is -0.379 e. The molecular weight excluding hydrogens is 214 g/mol. The van der Waals surface area contributed by atoms with Gasteiger partial charge in [-0.2, -0.15) is 5.26 Å². The van der Waals surface area contributed by atoms with Crippen molar-refractivity contribution in [2.75, 3.05) is 25.1 Å². The fourth-order valence-corrected chi connectivity index (χ4v) is 2.21. The Morgan fingerprint density at radius 1 is 1.59 bits per heavy atom. The summed E-state index contributed by atoms with van der Waals surface area (Å²) in [5, 5.41) is 8.88. The van der Waals surface area contributed by atoms with Gasteiger partial charge in [0.15, 0.2) is 0 Å². The van der Waals surface area contributed by atoms with Crippen molar-refractivity contribution in [2.24, 2.45) is 5.92 Å². The quantitative estimate of drug-likeness (QED) is 0.779. The highest BCUT2D eigenvalue weighted by molar-refractivity contribution is 5.45. The van der Waals surface area contributed by atoms with E-state index in [2.05, 4.69) is 22.9 Å². The summed E-state index contributed by atoms with van der Waals surface area (Å²) in [5.74, 6) is 1.45. The molecule has 2 heterocycles. The van der Waals surface area contributed by atoms with Gasteiger partial charge in [0.2, 0.25) is 0 Å². The lowest BCUT2D eigenvalue weighted by atomic mass is 9.96. The smallest absolute Gasteiger partial charge is 0.129 e. The zero-order valence-electron chi connectivity index (χ0n) is 10.3. The van der Waals surface area contributed by atoms with E-state index in [1.165, 1.54) is 0 Å². The predicted octanol–water partition coefficient (Wildman–Crippen LogP) is 1.81. The van der Waals surface area contributed by atoms with Crippen molar-refractivity contribution in [1.82, 2.24) is 4.98 Å². The Bertz CT molecular complexity index is 427. The molecule has 17 heavy (non-hydrogen) atoms. The molecule has 1 aromatic rings. The Balaban J connectivity index is 2.15. The Labute approximate surface area is 102 Å². The van der Waals surface area contributed by atoms with E-state index in [-0.39, 0.29) is 6.10 Å². The Kier molecular flexibility index (Phi) is 3.60. The fourth-order valence-electron chi connectivity index (χ4n) is 2.21. The van der Waals surface area contributed by atoms with Crippen LogP contribution in [0.4, 0.5) is 5.82 Å². The van der Waals surface area contributed by atoms with Crippen molar-refractivity contribution in [1.29, 1.82) is 5.26 Å². The first-order chi connectivity index (χ1) is 8.24. The van der Waals surface area contributed by atoms with Gasteiger partial charge in [0, 0.05) is 26.4 Å². The number of anilines is 1. The summed E-state index contributed by atoms with van der Waals surface area (Å²) in [6, 6.07) is 5.70. The lowest BCUT2D eigenvalue weighted by molar-refractivity contribution is 0.0496. The first-order valence-electron chi connectivity index (χ1n) is 5.88. The van der Waals surface area contributed by atoms with Crippen molar-refractivity contribution in [3.05, 3.63) is 23.9 Å². The van der Waals surface area contributed by atoms with Crippen molar-refractivity contribution < 1.29 is 4.74 Å². The number of piperidine rings is 1. The van der Waals surface area contributed by atoms with Crippen LogP contribution in [0, 0.1) is 17.2 Å². The standard InChI is InChI=1S/C13H17N3O/c1-10-4-6-16(9-12(10)17-2)13-7-11(8-14)3-5-15-13/h3,5,7,10,12H,4,6,9H2,1-2H3. The van der Waals surface area contributed by atoms with Crippen LogP contribution in [-0.4, -0.2) is 31.3 Å². The zero-order valence-corrected chi connectivity index (χ0v) is 10.3. The maximum absolute atomic E-state index is 8.88. The molecule has 4 nitrogen and oxygen atoms in total. The molecule has 0 bridgehead atoms. The highest BCUT2D eigenvalue weighted by Crippen LogP contribution is 2.23. The molecule has 2 unspecified atom stereocenters. The number of nitrogens with zero attached hydrogens (tertiary/aromatic N) is 3. The predicted molar refractivity (Wildman–Crippen MR) is 65.7 cm³/mol. The third-order valence-corrected chi connectivity index (χ3v) is 3.39. The molecule has 1 saturated heterocycles. The molecule has 0 aromatic carbocycles. The SMILES string of the molecule is COC1CN(c2cc(C#N)ccn2)CCC1C. The second kappa shape index (κ2) is 5.15. The lowest BCUT2D eigenvalue weighted by Gasteiger charge is -2.36. The van der Waals surface area contributed by atoms with Crippen LogP contribution >= 0.6 is 0 Å². The second-order valence-corrected chi connectivity index (χ2v) is 4.50. The maximum Gasteiger partial charge on any atom is 0.129 e. The van der Waals surface area contributed by atoms with E-state index in [4.69, 9.17) is 10.00 Å². The monoisotopic (exact) mass is 231 g/mol. The number of ether oxygens (including phenoxy) is 1. The van der Waals surface area contributed by atoms with Crippen molar-refractivity contribution in [3.8, 4) is 6.07 Å². The van der Waals surface area contributed by atoms with E-state index in [1.807, 2.05) is 6.07 Å². The molecule has 1 aliphatic heterocycles. The summed E-state index contributed by atoms with van der Waals surface area (Å²) >= 11 is 0. The summed E-state index contributed by atoms with van der Waals surface area (Å²) in [4.78, 5) is 6.51. The van der Waals surface area contributed by atoms with Crippen LogP contribution in [0.15, 0.2) is 18.3 Å². The van der Waals surface area contributed by atoms with E-state index in [1.54, 1.807) is 19.4 Å². The molecule has 4 heteroatoms. The average Bonchev–Trinajstić information content (AvgIpc) is 2.39. The van der Waals surface area contributed by atoms with Gasteiger partial charge in [0.05, 0.1) is 17.7 Å². The van der Waals surface area contributed by atoms with Crippen molar-refractivity contribution >= 4 is 5.82 Å². The van der Waals surface area contributed by atoms with E-state index in [0.717, 1.165) is 25.3 Å². The zero-order chi connectivity index (χ0) is 12.3. The van der Waals surface area contributed by atoms with Crippen molar-refractivity contribution in [3.63, 3.8) is 0 Å². The minimum absolute atomic E-state index is 0.247. The second-order valence-electron chi connectivity index (χ2n) is 4.50. The summed E-state index contributed by atoms with van der Waals surface area (Å²) in [5.41, 5.74) is 0.655. The molecule has 0 aliphatic carbocycles. The Hall–Kier alpha value is -1.60. The highest BCUT2D eigenvalue weighted by atomic mass is 16.5.